The van der Waals surface area contributed by atoms with Crippen LogP contribution in [-0.2, 0) is 22.7 Å². The summed E-state index contributed by atoms with van der Waals surface area (Å²) in [6.07, 6.45) is -4.51. The van der Waals surface area contributed by atoms with E-state index in [2.05, 4.69) is 4.72 Å². The molecule has 0 fully saturated rings. The zero-order valence-electron chi connectivity index (χ0n) is 12.6. The molecule has 25 heavy (non-hydrogen) atoms. The fourth-order valence-corrected chi connectivity index (χ4v) is 3.78. The molecule has 0 saturated carbocycles. The lowest BCUT2D eigenvalue weighted by Crippen LogP contribution is -2.23. The topological polar surface area (TPSA) is 59.3 Å². The number of benzene rings is 1. The molecule has 0 saturated heterocycles. The molecule has 0 amide bonds. The molecule has 3 aromatic rings. The van der Waals surface area contributed by atoms with Gasteiger partial charge in [-0.2, -0.15) is 13.2 Å². The van der Waals surface area contributed by atoms with Crippen molar-refractivity contribution in [3.63, 3.8) is 0 Å². The normalized spacial score (nSPS) is 12.4. The van der Waals surface area contributed by atoms with Gasteiger partial charge in [0.05, 0.1) is 21.9 Å². The van der Waals surface area contributed by atoms with Crippen molar-refractivity contribution in [1.82, 2.24) is 4.72 Å². The Morgan fingerprint density at radius 1 is 1.04 bits per heavy atom. The molecule has 0 aliphatic heterocycles. The summed E-state index contributed by atoms with van der Waals surface area (Å²) < 4.78 is 69.8. The number of hydrogen-bond donors (Lipinski definition) is 1. The van der Waals surface area contributed by atoms with Crippen LogP contribution in [0.15, 0.2) is 63.2 Å². The number of halogens is 3. The van der Waals surface area contributed by atoms with Crippen molar-refractivity contribution in [1.29, 1.82) is 0 Å². The predicted molar refractivity (Wildman–Crippen MR) is 87.5 cm³/mol. The first-order valence-corrected chi connectivity index (χ1v) is 9.41. The number of nitrogens with one attached hydrogen (secondary N) is 1. The van der Waals surface area contributed by atoms with E-state index in [0.29, 0.717) is 11.5 Å². The first-order valence-electron chi connectivity index (χ1n) is 7.05. The summed E-state index contributed by atoms with van der Waals surface area (Å²) in [4.78, 5) is 0.669. The van der Waals surface area contributed by atoms with Gasteiger partial charge in [0.1, 0.15) is 11.5 Å². The van der Waals surface area contributed by atoms with Gasteiger partial charge in [-0.25, -0.2) is 13.1 Å². The van der Waals surface area contributed by atoms with E-state index in [1.807, 2.05) is 17.5 Å². The Bertz CT molecular complexity index is 943. The first-order chi connectivity index (χ1) is 11.8. The Kier molecular flexibility index (Phi) is 4.72. The largest absolute Gasteiger partial charge is 0.459 e. The number of sulfonamides is 1. The lowest BCUT2D eigenvalue weighted by Gasteiger charge is -2.08. The lowest BCUT2D eigenvalue weighted by atomic mass is 10.2. The van der Waals surface area contributed by atoms with Crippen LogP contribution in [0, 0.1) is 0 Å². The van der Waals surface area contributed by atoms with E-state index < -0.39 is 21.8 Å². The molecule has 0 aliphatic carbocycles. The molecule has 1 N–H and O–H groups in total. The van der Waals surface area contributed by atoms with Crippen LogP contribution < -0.4 is 4.72 Å². The van der Waals surface area contributed by atoms with E-state index in [4.69, 9.17) is 4.42 Å². The second-order valence-corrected chi connectivity index (χ2v) is 7.80. The molecule has 0 unspecified atom stereocenters. The van der Waals surface area contributed by atoms with E-state index in [9.17, 15) is 21.6 Å². The highest BCUT2D eigenvalue weighted by atomic mass is 32.2. The maximum Gasteiger partial charge on any atom is 0.416 e. The van der Waals surface area contributed by atoms with Crippen LogP contribution in [-0.4, -0.2) is 8.42 Å². The number of thiophene rings is 1. The Morgan fingerprint density at radius 2 is 1.76 bits per heavy atom. The van der Waals surface area contributed by atoms with Crippen LogP contribution in [0.2, 0.25) is 0 Å². The standard InChI is InChI=1S/C16H12F3NO3S2/c17-16(18,19)11-3-6-13(7-4-11)25(21,22)20-10-12-5-8-14(23-12)15-2-1-9-24-15/h1-9,20H,10H2. The minimum atomic E-state index is -4.51. The summed E-state index contributed by atoms with van der Waals surface area (Å²) in [5, 5.41) is 1.89. The Morgan fingerprint density at radius 3 is 2.36 bits per heavy atom. The summed E-state index contributed by atoms with van der Waals surface area (Å²) in [6, 6.07) is 10.4. The average molecular weight is 387 g/mol. The second kappa shape index (κ2) is 6.66. The quantitative estimate of drug-likeness (QED) is 0.701. The third-order valence-electron chi connectivity index (χ3n) is 3.35. The summed E-state index contributed by atoms with van der Waals surface area (Å²) in [5.41, 5.74) is -0.905. The number of alkyl halides is 3. The maximum atomic E-state index is 12.5. The number of furan rings is 1. The molecule has 2 aromatic heterocycles. The fraction of sp³-hybridized carbons (Fsp3) is 0.125. The summed E-state index contributed by atoms with van der Waals surface area (Å²) in [5.74, 6) is 1.03. The molecule has 0 atom stereocenters. The lowest BCUT2D eigenvalue weighted by molar-refractivity contribution is -0.137. The van der Waals surface area contributed by atoms with Crippen LogP contribution >= 0.6 is 11.3 Å². The van der Waals surface area contributed by atoms with Crippen molar-refractivity contribution >= 4 is 21.4 Å². The molecule has 3 rings (SSSR count). The van der Waals surface area contributed by atoms with Crippen LogP contribution in [0.5, 0.6) is 0 Å². The number of rotatable bonds is 5. The minimum Gasteiger partial charge on any atom is -0.459 e. The van der Waals surface area contributed by atoms with E-state index in [1.54, 1.807) is 12.1 Å². The van der Waals surface area contributed by atoms with Gasteiger partial charge in [-0.1, -0.05) is 6.07 Å². The third-order valence-corrected chi connectivity index (χ3v) is 5.66. The van der Waals surface area contributed by atoms with Crippen molar-refractivity contribution in [3.8, 4) is 10.6 Å². The highest BCUT2D eigenvalue weighted by molar-refractivity contribution is 7.89. The van der Waals surface area contributed by atoms with Gasteiger partial charge in [-0.3, -0.25) is 0 Å². The fourth-order valence-electron chi connectivity index (χ4n) is 2.10. The highest BCUT2D eigenvalue weighted by Crippen LogP contribution is 2.30. The Hall–Kier alpha value is -2.10. The van der Waals surface area contributed by atoms with Crippen molar-refractivity contribution in [2.75, 3.05) is 0 Å². The van der Waals surface area contributed by atoms with E-state index in [1.165, 1.54) is 11.3 Å². The zero-order chi connectivity index (χ0) is 18.1. The van der Waals surface area contributed by atoms with Crippen LogP contribution in [0.25, 0.3) is 10.6 Å². The van der Waals surface area contributed by atoms with Gasteiger partial charge >= 0.3 is 6.18 Å². The first kappa shape index (κ1) is 17.7. The van der Waals surface area contributed by atoms with Gasteiger partial charge < -0.3 is 4.42 Å². The summed E-state index contributed by atoms with van der Waals surface area (Å²) >= 11 is 1.49. The van der Waals surface area contributed by atoms with Crippen molar-refractivity contribution < 1.29 is 26.0 Å². The average Bonchev–Trinajstić information content (AvgIpc) is 3.23. The number of hydrogen-bond acceptors (Lipinski definition) is 4. The van der Waals surface area contributed by atoms with Gasteiger partial charge in [0, 0.05) is 0 Å². The van der Waals surface area contributed by atoms with E-state index in [0.717, 1.165) is 29.1 Å². The van der Waals surface area contributed by atoms with Crippen LogP contribution in [0.1, 0.15) is 11.3 Å². The molecule has 0 spiro atoms. The smallest absolute Gasteiger partial charge is 0.416 e. The van der Waals surface area contributed by atoms with Crippen molar-refractivity contribution in [3.05, 3.63) is 65.2 Å². The molecular formula is C16H12F3NO3S2. The Balaban J connectivity index is 1.70. The minimum absolute atomic E-state index is 0.102. The molecule has 9 heteroatoms. The predicted octanol–water partition coefficient (Wildman–Crippen LogP) is 4.51. The van der Waals surface area contributed by atoms with Gasteiger partial charge in [0.2, 0.25) is 10.0 Å². The van der Waals surface area contributed by atoms with Crippen molar-refractivity contribution in [2.45, 2.75) is 17.6 Å². The van der Waals surface area contributed by atoms with Gasteiger partial charge in [-0.05, 0) is 47.8 Å². The van der Waals surface area contributed by atoms with Gasteiger partial charge in [-0.15, -0.1) is 11.3 Å². The molecule has 0 bridgehead atoms. The van der Waals surface area contributed by atoms with E-state index >= 15 is 0 Å². The molecule has 0 aliphatic rings. The highest BCUT2D eigenvalue weighted by Gasteiger charge is 2.30. The SMILES string of the molecule is O=S(=O)(NCc1ccc(-c2cccs2)o1)c1ccc(C(F)(F)F)cc1. The second-order valence-electron chi connectivity index (χ2n) is 5.09. The monoisotopic (exact) mass is 387 g/mol. The third kappa shape index (κ3) is 4.12. The molecule has 4 nitrogen and oxygen atoms in total. The summed E-state index contributed by atoms with van der Waals surface area (Å²) in [6.45, 7) is -0.102. The molecular weight excluding hydrogens is 375 g/mol. The Labute approximate surface area is 146 Å². The van der Waals surface area contributed by atoms with Gasteiger partial charge in [0.15, 0.2) is 0 Å². The molecule has 132 valence electrons. The zero-order valence-corrected chi connectivity index (χ0v) is 14.2. The molecule has 0 radical (unpaired) electrons. The van der Waals surface area contributed by atoms with Crippen LogP contribution in [0.3, 0.4) is 0 Å². The van der Waals surface area contributed by atoms with Gasteiger partial charge in [0.25, 0.3) is 0 Å². The molecule has 2 heterocycles. The maximum absolute atomic E-state index is 12.5. The van der Waals surface area contributed by atoms with Crippen molar-refractivity contribution in [2.24, 2.45) is 0 Å². The van der Waals surface area contributed by atoms with E-state index in [-0.39, 0.29) is 11.4 Å². The molecule has 1 aromatic carbocycles. The van der Waals surface area contributed by atoms with Crippen LogP contribution in [0.4, 0.5) is 13.2 Å². The summed E-state index contributed by atoms with van der Waals surface area (Å²) in [7, 11) is -3.94.